The fourth-order valence-electron chi connectivity index (χ4n) is 1.78. The van der Waals surface area contributed by atoms with Gasteiger partial charge in [0.1, 0.15) is 0 Å². The van der Waals surface area contributed by atoms with Gasteiger partial charge in [-0.15, -0.1) is 0 Å². The van der Waals surface area contributed by atoms with Crippen LogP contribution >= 0.6 is 23.2 Å². The third-order valence-corrected chi connectivity index (χ3v) is 4.54. The molecule has 0 saturated heterocycles. The number of hydrogen-bond donors (Lipinski definition) is 1. The fourth-order valence-corrected chi connectivity index (χ4v) is 2.85. The van der Waals surface area contributed by atoms with E-state index in [0.717, 1.165) is 16.5 Å². The molecular weight excluding hydrogens is 341 g/mol. The number of rotatable bonds is 6. The van der Waals surface area contributed by atoms with Crippen molar-refractivity contribution >= 4 is 39.3 Å². The molecule has 0 aliphatic carbocycles. The zero-order valence-corrected chi connectivity index (χ0v) is 14.0. The summed E-state index contributed by atoms with van der Waals surface area (Å²) in [5.41, 5.74) is 1.79. The molecule has 0 saturated carbocycles. The van der Waals surface area contributed by atoms with Gasteiger partial charge >= 0.3 is 0 Å². The van der Waals surface area contributed by atoms with Crippen molar-refractivity contribution in [2.24, 2.45) is 0 Å². The van der Waals surface area contributed by atoms with Crippen LogP contribution in [-0.4, -0.2) is 15.0 Å². The molecule has 0 aliphatic heterocycles. The molecule has 0 aliphatic rings. The molecule has 0 fully saturated rings. The highest BCUT2D eigenvalue weighted by Crippen LogP contribution is 2.11. The molecule has 0 atom stereocenters. The van der Waals surface area contributed by atoms with Crippen molar-refractivity contribution in [3.05, 3.63) is 75.1 Å². The van der Waals surface area contributed by atoms with E-state index in [1.807, 2.05) is 12.1 Å². The van der Waals surface area contributed by atoms with E-state index in [2.05, 4.69) is 4.72 Å². The molecule has 2 rings (SSSR count). The minimum absolute atomic E-state index is 0.328. The van der Waals surface area contributed by atoms with E-state index in [9.17, 15) is 8.42 Å². The average molecular weight is 356 g/mol. The first-order chi connectivity index (χ1) is 10.4. The van der Waals surface area contributed by atoms with E-state index in [1.165, 1.54) is 6.08 Å². The summed E-state index contributed by atoms with van der Waals surface area (Å²) in [5.74, 6) is 0. The number of sulfonamides is 1. The zero-order valence-electron chi connectivity index (χ0n) is 11.7. The molecule has 0 spiro atoms. The van der Waals surface area contributed by atoms with Gasteiger partial charge in [-0.25, -0.2) is 13.1 Å². The van der Waals surface area contributed by atoms with Crippen LogP contribution in [0, 0.1) is 0 Å². The highest BCUT2D eigenvalue weighted by Gasteiger charge is 2.04. The summed E-state index contributed by atoms with van der Waals surface area (Å²) in [7, 11) is -3.46. The summed E-state index contributed by atoms with van der Waals surface area (Å²) < 4.78 is 26.3. The van der Waals surface area contributed by atoms with Crippen molar-refractivity contribution in [2.75, 3.05) is 6.54 Å². The molecule has 3 nitrogen and oxygen atoms in total. The van der Waals surface area contributed by atoms with Gasteiger partial charge < -0.3 is 0 Å². The second-order valence-electron chi connectivity index (χ2n) is 4.67. The molecular formula is C16H15Cl2NO2S. The van der Waals surface area contributed by atoms with Gasteiger partial charge in [0.25, 0.3) is 0 Å². The van der Waals surface area contributed by atoms with E-state index >= 15 is 0 Å². The molecule has 0 unspecified atom stereocenters. The smallest absolute Gasteiger partial charge is 0.211 e. The van der Waals surface area contributed by atoms with Crippen LogP contribution in [0.1, 0.15) is 11.1 Å². The Morgan fingerprint density at radius 1 is 0.909 bits per heavy atom. The number of hydrogen-bond acceptors (Lipinski definition) is 2. The van der Waals surface area contributed by atoms with Crippen LogP contribution in [0.25, 0.3) is 6.08 Å². The zero-order chi connectivity index (χ0) is 16.0. The van der Waals surface area contributed by atoms with E-state index in [4.69, 9.17) is 23.2 Å². The van der Waals surface area contributed by atoms with Gasteiger partial charge in [0, 0.05) is 22.0 Å². The predicted molar refractivity (Wildman–Crippen MR) is 92.6 cm³/mol. The van der Waals surface area contributed by atoms with Crippen LogP contribution in [0.2, 0.25) is 10.0 Å². The van der Waals surface area contributed by atoms with E-state index in [-0.39, 0.29) is 0 Å². The van der Waals surface area contributed by atoms with Gasteiger partial charge in [-0.3, -0.25) is 0 Å². The number of benzene rings is 2. The van der Waals surface area contributed by atoms with Crippen molar-refractivity contribution < 1.29 is 8.42 Å². The first-order valence-corrected chi connectivity index (χ1v) is 8.93. The Morgan fingerprint density at radius 2 is 1.45 bits per heavy atom. The van der Waals surface area contributed by atoms with E-state index in [1.54, 1.807) is 36.4 Å². The summed E-state index contributed by atoms with van der Waals surface area (Å²) in [6.07, 6.45) is 2.13. The number of halogens is 2. The quantitative estimate of drug-likeness (QED) is 0.846. The van der Waals surface area contributed by atoms with Gasteiger partial charge in [0.2, 0.25) is 10.0 Å². The Kier molecular flexibility index (Phi) is 6.03. The summed E-state index contributed by atoms with van der Waals surface area (Å²) in [6, 6.07) is 14.2. The van der Waals surface area contributed by atoms with Crippen LogP contribution in [0.4, 0.5) is 0 Å². The van der Waals surface area contributed by atoms with Gasteiger partial charge in [-0.2, -0.15) is 0 Å². The van der Waals surface area contributed by atoms with Crippen LogP contribution in [-0.2, 0) is 16.4 Å². The molecule has 0 bridgehead atoms. The Morgan fingerprint density at radius 3 is 2.05 bits per heavy atom. The van der Waals surface area contributed by atoms with Gasteiger partial charge in [-0.1, -0.05) is 47.5 Å². The third-order valence-electron chi connectivity index (χ3n) is 2.94. The summed E-state index contributed by atoms with van der Waals surface area (Å²) >= 11 is 11.6. The molecule has 0 radical (unpaired) electrons. The lowest BCUT2D eigenvalue weighted by atomic mass is 10.2. The van der Waals surface area contributed by atoms with Crippen molar-refractivity contribution in [3.63, 3.8) is 0 Å². The maximum absolute atomic E-state index is 11.9. The lowest BCUT2D eigenvalue weighted by Crippen LogP contribution is -2.23. The lowest BCUT2D eigenvalue weighted by Gasteiger charge is -2.03. The van der Waals surface area contributed by atoms with Gasteiger partial charge in [0.15, 0.2) is 0 Å². The minimum atomic E-state index is -3.46. The van der Waals surface area contributed by atoms with Crippen molar-refractivity contribution in [1.82, 2.24) is 4.72 Å². The molecule has 2 aromatic rings. The number of nitrogens with one attached hydrogen (secondary N) is 1. The van der Waals surface area contributed by atoms with Crippen molar-refractivity contribution in [1.29, 1.82) is 0 Å². The standard InChI is InChI=1S/C16H15Cl2NO2S/c17-15-5-1-13(2-6-15)9-11-19-22(20,21)12-10-14-3-7-16(18)8-4-14/h1-8,10,12,19H,9,11H2/b12-10+. The topological polar surface area (TPSA) is 46.2 Å². The highest BCUT2D eigenvalue weighted by atomic mass is 35.5. The maximum atomic E-state index is 11.9. The largest absolute Gasteiger partial charge is 0.233 e. The second-order valence-corrected chi connectivity index (χ2v) is 7.19. The normalized spacial score (nSPS) is 11.9. The first kappa shape index (κ1) is 17.0. The Bertz CT molecular complexity index is 739. The van der Waals surface area contributed by atoms with Crippen LogP contribution < -0.4 is 4.72 Å². The summed E-state index contributed by atoms with van der Waals surface area (Å²) in [4.78, 5) is 0. The molecule has 6 heteroatoms. The van der Waals surface area contributed by atoms with Crippen LogP contribution in [0.3, 0.4) is 0 Å². The average Bonchev–Trinajstić information content (AvgIpc) is 2.49. The highest BCUT2D eigenvalue weighted by molar-refractivity contribution is 7.92. The lowest BCUT2D eigenvalue weighted by molar-refractivity contribution is 0.591. The molecule has 0 amide bonds. The summed E-state index contributed by atoms with van der Waals surface area (Å²) in [5, 5.41) is 2.43. The molecule has 0 heterocycles. The predicted octanol–water partition coefficient (Wildman–Crippen LogP) is 4.13. The maximum Gasteiger partial charge on any atom is 0.233 e. The molecule has 22 heavy (non-hydrogen) atoms. The molecule has 0 aromatic heterocycles. The Balaban J connectivity index is 1.88. The molecule has 116 valence electrons. The summed E-state index contributed by atoms with van der Waals surface area (Å²) in [6.45, 7) is 0.328. The van der Waals surface area contributed by atoms with Gasteiger partial charge in [-0.05, 0) is 47.9 Å². The third kappa shape index (κ3) is 5.81. The van der Waals surface area contributed by atoms with E-state index in [0.29, 0.717) is 23.0 Å². The Labute approximate surface area is 140 Å². The molecule has 1 N–H and O–H groups in total. The minimum Gasteiger partial charge on any atom is -0.211 e. The van der Waals surface area contributed by atoms with E-state index < -0.39 is 10.0 Å². The monoisotopic (exact) mass is 355 g/mol. The first-order valence-electron chi connectivity index (χ1n) is 6.62. The Hall–Kier alpha value is -1.33. The van der Waals surface area contributed by atoms with Crippen LogP contribution in [0.15, 0.2) is 53.9 Å². The van der Waals surface area contributed by atoms with Crippen molar-refractivity contribution in [2.45, 2.75) is 6.42 Å². The van der Waals surface area contributed by atoms with Crippen molar-refractivity contribution in [3.8, 4) is 0 Å². The molecule has 2 aromatic carbocycles. The second kappa shape index (κ2) is 7.79. The van der Waals surface area contributed by atoms with Crippen LogP contribution in [0.5, 0.6) is 0 Å². The fraction of sp³-hybridized carbons (Fsp3) is 0.125. The van der Waals surface area contributed by atoms with Gasteiger partial charge in [0.05, 0.1) is 0 Å². The SMILES string of the molecule is O=S(=O)(/C=C/c1ccc(Cl)cc1)NCCc1ccc(Cl)cc1.